The van der Waals surface area contributed by atoms with Crippen LogP contribution in [-0.2, 0) is 7.05 Å². The monoisotopic (exact) mass is 196 g/mol. The van der Waals surface area contributed by atoms with Gasteiger partial charge in [-0.3, -0.25) is 4.68 Å². The SMILES string of the molecule is COc1cc(Cl)c2nn(C)cc2c1. The molecule has 0 aliphatic carbocycles. The molecule has 0 N–H and O–H groups in total. The highest BCUT2D eigenvalue weighted by molar-refractivity contribution is 6.35. The molecule has 0 saturated heterocycles. The molecule has 0 aliphatic rings. The van der Waals surface area contributed by atoms with Crippen molar-refractivity contribution < 1.29 is 4.74 Å². The van der Waals surface area contributed by atoms with Crippen molar-refractivity contribution in [2.75, 3.05) is 7.11 Å². The van der Waals surface area contributed by atoms with E-state index in [0.29, 0.717) is 5.02 Å². The van der Waals surface area contributed by atoms with E-state index in [4.69, 9.17) is 16.3 Å². The van der Waals surface area contributed by atoms with Crippen LogP contribution in [0.3, 0.4) is 0 Å². The molecular formula is C9H9ClN2O. The highest BCUT2D eigenvalue weighted by Crippen LogP contribution is 2.27. The average Bonchev–Trinajstić information content (AvgIpc) is 2.46. The number of benzene rings is 1. The summed E-state index contributed by atoms with van der Waals surface area (Å²) < 4.78 is 6.82. The molecule has 0 bridgehead atoms. The smallest absolute Gasteiger partial charge is 0.121 e. The minimum Gasteiger partial charge on any atom is -0.497 e. The maximum Gasteiger partial charge on any atom is 0.121 e. The van der Waals surface area contributed by atoms with Crippen LogP contribution in [0.4, 0.5) is 0 Å². The topological polar surface area (TPSA) is 27.1 Å². The van der Waals surface area contributed by atoms with Gasteiger partial charge in [0.05, 0.1) is 12.1 Å². The second-order valence-electron chi connectivity index (χ2n) is 2.85. The Morgan fingerprint density at radius 1 is 1.46 bits per heavy atom. The third kappa shape index (κ3) is 1.35. The summed E-state index contributed by atoms with van der Waals surface area (Å²) in [5.41, 5.74) is 0.810. The molecular weight excluding hydrogens is 188 g/mol. The largest absolute Gasteiger partial charge is 0.497 e. The lowest BCUT2D eigenvalue weighted by molar-refractivity contribution is 0.415. The van der Waals surface area contributed by atoms with Crippen molar-refractivity contribution >= 4 is 22.5 Å². The molecule has 68 valence electrons. The number of halogens is 1. The number of methoxy groups -OCH3 is 1. The van der Waals surface area contributed by atoms with Gasteiger partial charge in [0.1, 0.15) is 11.3 Å². The molecule has 13 heavy (non-hydrogen) atoms. The Kier molecular flexibility index (Phi) is 1.88. The van der Waals surface area contributed by atoms with Crippen molar-refractivity contribution in [3.05, 3.63) is 23.4 Å². The van der Waals surface area contributed by atoms with Crippen LogP contribution >= 0.6 is 11.6 Å². The summed E-state index contributed by atoms with van der Waals surface area (Å²) in [4.78, 5) is 0. The average molecular weight is 197 g/mol. The lowest BCUT2D eigenvalue weighted by atomic mass is 10.2. The quantitative estimate of drug-likeness (QED) is 0.700. The van der Waals surface area contributed by atoms with E-state index in [2.05, 4.69) is 5.10 Å². The first-order valence-electron chi connectivity index (χ1n) is 3.87. The Labute approximate surface area is 80.9 Å². The zero-order chi connectivity index (χ0) is 9.42. The van der Waals surface area contributed by atoms with Crippen LogP contribution < -0.4 is 4.74 Å². The molecule has 4 heteroatoms. The van der Waals surface area contributed by atoms with Crippen molar-refractivity contribution in [1.82, 2.24) is 9.78 Å². The van der Waals surface area contributed by atoms with Crippen LogP contribution in [0.1, 0.15) is 0 Å². The molecule has 0 fully saturated rings. The van der Waals surface area contributed by atoms with E-state index in [1.807, 2.05) is 19.3 Å². The molecule has 2 aromatic rings. The molecule has 0 amide bonds. The van der Waals surface area contributed by atoms with E-state index >= 15 is 0 Å². The Morgan fingerprint density at radius 3 is 2.92 bits per heavy atom. The maximum absolute atomic E-state index is 6.00. The third-order valence-electron chi connectivity index (χ3n) is 1.89. The number of hydrogen-bond donors (Lipinski definition) is 0. The fourth-order valence-electron chi connectivity index (χ4n) is 1.30. The second-order valence-corrected chi connectivity index (χ2v) is 3.26. The molecule has 0 spiro atoms. The number of hydrogen-bond acceptors (Lipinski definition) is 2. The summed E-state index contributed by atoms with van der Waals surface area (Å²) in [6, 6.07) is 3.67. The van der Waals surface area contributed by atoms with E-state index in [1.54, 1.807) is 17.9 Å². The first-order chi connectivity index (χ1) is 6.20. The Balaban J connectivity index is 2.75. The Hall–Kier alpha value is -1.22. The second kappa shape index (κ2) is 2.92. The molecule has 0 atom stereocenters. The van der Waals surface area contributed by atoms with Gasteiger partial charge in [0.2, 0.25) is 0 Å². The number of fused-ring (bicyclic) bond motifs is 1. The number of aromatic nitrogens is 2. The Morgan fingerprint density at radius 2 is 2.23 bits per heavy atom. The minimum atomic E-state index is 0.620. The van der Waals surface area contributed by atoms with Gasteiger partial charge >= 0.3 is 0 Å². The summed E-state index contributed by atoms with van der Waals surface area (Å²) in [5.74, 6) is 0.755. The van der Waals surface area contributed by atoms with Gasteiger partial charge in [0.15, 0.2) is 0 Å². The Bertz CT molecular complexity index is 450. The molecule has 1 aromatic heterocycles. The summed E-state index contributed by atoms with van der Waals surface area (Å²) in [5, 5.41) is 5.83. The third-order valence-corrected chi connectivity index (χ3v) is 2.17. The predicted octanol–water partition coefficient (Wildman–Crippen LogP) is 2.24. The van der Waals surface area contributed by atoms with Crippen molar-refractivity contribution in [2.24, 2.45) is 7.05 Å². The maximum atomic E-state index is 6.00. The molecule has 0 radical (unpaired) electrons. The van der Waals surface area contributed by atoms with E-state index in [0.717, 1.165) is 16.7 Å². The summed E-state index contributed by atoms with van der Waals surface area (Å²) in [7, 11) is 3.48. The van der Waals surface area contributed by atoms with Crippen LogP contribution in [0.2, 0.25) is 5.02 Å². The number of ether oxygens (including phenoxy) is 1. The van der Waals surface area contributed by atoms with Crippen LogP contribution in [0, 0.1) is 0 Å². The van der Waals surface area contributed by atoms with Gasteiger partial charge in [-0.05, 0) is 6.07 Å². The molecule has 3 nitrogen and oxygen atoms in total. The van der Waals surface area contributed by atoms with Gasteiger partial charge in [-0.15, -0.1) is 0 Å². The lowest BCUT2D eigenvalue weighted by Gasteiger charge is -1.99. The number of aryl methyl sites for hydroxylation is 1. The fourth-order valence-corrected chi connectivity index (χ4v) is 1.56. The first-order valence-corrected chi connectivity index (χ1v) is 4.25. The lowest BCUT2D eigenvalue weighted by Crippen LogP contribution is -1.85. The van der Waals surface area contributed by atoms with E-state index in [9.17, 15) is 0 Å². The van der Waals surface area contributed by atoms with Crippen molar-refractivity contribution in [3.63, 3.8) is 0 Å². The van der Waals surface area contributed by atoms with Gasteiger partial charge in [-0.1, -0.05) is 11.6 Å². The van der Waals surface area contributed by atoms with E-state index in [-0.39, 0.29) is 0 Å². The highest BCUT2D eigenvalue weighted by atomic mass is 35.5. The normalized spacial score (nSPS) is 10.7. The summed E-state index contributed by atoms with van der Waals surface area (Å²) in [6.45, 7) is 0. The van der Waals surface area contributed by atoms with Crippen molar-refractivity contribution in [3.8, 4) is 5.75 Å². The number of nitrogens with zero attached hydrogens (tertiary/aromatic N) is 2. The molecule has 1 aromatic carbocycles. The van der Waals surface area contributed by atoms with E-state index in [1.165, 1.54) is 0 Å². The molecule has 0 unspecified atom stereocenters. The van der Waals surface area contributed by atoms with Crippen LogP contribution in [0.15, 0.2) is 18.3 Å². The van der Waals surface area contributed by atoms with Crippen molar-refractivity contribution in [1.29, 1.82) is 0 Å². The van der Waals surface area contributed by atoms with E-state index < -0.39 is 0 Å². The predicted molar refractivity (Wildman–Crippen MR) is 52.3 cm³/mol. The highest BCUT2D eigenvalue weighted by Gasteiger charge is 2.05. The molecule has 0 saturated carbocycles. The zero-order valence-electron chi connectivity index (χ0n) is 7.41. The van der Waals surface area contributed by atoms with Gasteiger partial charge in [-0.25, -0.2) is 0 Å². The zero-order valence-corrected chi connectivity index (χ0v) is 8.17. The van der Waals surface area contributed by atoms with Gasteiger partial charge in [0, 0.05) is 24.7 Å². The first kappa shape index (κ1) is 8.38. The summed E-state index contributed by atoms with van der Waals surface area (Å²) >= 11 is 6.00. The van der Waals surface area contributed by atoms with Crippen LogP contribution in [0.25, 0.3) is 10.9 Å². The van der Waals surface area contributed by atoms with Crippen LogP contribution in [0.5, 0.6) is 5.75 Å². The fraction of sp³-hybridized carbons (Fsp3) is 0.222. The van der Waals surface area contributed by atoms with Crippen molar-refractivity contribution in [2.45, 2.75) is 0 Å². The van der Waals surface area contributed by atoms with Crippen LogP contribution in [-0.4, -0.2) is 16.9 Å². The molecule has 1 heterocycles. The minimum absolute atomic E-state index is 0.620. The number of rotatable bonds is 1. The molecule has 0 aliphatic heterocycles. The van der Waals surface area contributed by atoms with Gasteiger partial charge < -0.3 is 4.74 Å². The van der Waals surface area contributed by atoms with Gasteiger partial charge in [0.25, 0.3) is 0 Å². The summed E-state index contributed by atoms with van der Waals surface area (Å²) in [6.07, 6.45) is 1.91. The van der Waals surface area contributed by atoms with Gasteiger partial charge in [-0.2, -0.15) is 5.10 Å². The molecule has 2 rings (SSSR count). The standard InChI is InChI=1S/C9H9ClN2O/c1-12-5-6-3-7(13-2)4-8(10)9(6)11-12/h3-5H,1-2H3.